The summed E-state index contributed by atoms with van der Waals surface area (Å²) in [6.07, 6.45) is 4.48. The summed E-state index contributed by atoms with van der Waals surface area (Å²) in [6, 6.07) is 3.54. The van der Waals surface area contributed by atoms with E-state index in [0.717, 1.165) is 5.56 Å². The fourth-order valence-electron chi connectivity index (χ4n) is 1.89. The van der Waals surface area contributed by atoms with E-state index >= 15 is 0 Å². The van der Waals surface area contributed by atoms with Gasteiger partial charge < -0.3 is 10.4 Å². The molecular formula is C14H20N2O3. The van der Waals surface area contributed by atoms with E-state index in [-0.39, 0.29) is 18.9 Å². The van der Waals surface area contributed by atoms with Gasteiger partial charge in [-0.05, 0) is 30.5 Å². The number of pyridine rings is 1. The second kappa shape index (κ2) is 6.87. The number of nitrogens with one attached hydrogen (secondary N) is 1. The highest BCUT2D eigenvalue weighted by Gasteiger charge is 2.34. The standard InChI is InChI=1S/C14H20N2O3/c1-3-14(4-2,13(18)19)10-16-12(17)9-11-5-7-15-8-6-11/h5-8H,3-4,9-10H2,1-2H3,(H,16,17)(H,18,19). The van der Waals surface area contributed by atoms with Gasteiger partial charge in [0.1, 0.15) is 0 Å². The number of hydrogen-bond acceptors (Lipinski definition) is 3. The number of amides is 1. The van der Waals surface area contributed by atoms with Gasteiger partial charge in [-0.2, -0.15) is 0 Å². The van der Waals surface area contributed by atoms with Gasteiger partial charge in [0.2, 0.25) is 5.91 Å². The van der Waals surface area contributed by atoms with Crippen LogP contribution in [0.5, 0.6) is 0 Å². The molecule has 1 aromatic rings. The van der Waals surface area contributed by atoms with Gasteiger partial charge in [-0.3, -0.25) is 14.6 Å². The van der Waals surface area contributed by atoms with Crippen molar-refractivity contribution in [3.63, 3.8) is 0 Å². The first-order valence-corrected chi connectivity index (χ1v) is 6.43. The largest absolute Gasteiger partial charge is 0.481 e. The molecule has 0 spiro atoms. The van der Waals surface area contributed by atoms with Crippen molar-refractivity contribution in [3.8, 4) is 0 Å². The molecule has 5 heteroatoms. The number of hydrogen-bond donors (Lipinski definition) is 2. The van der Waals surface area contributed by atoms with Crippen molar-refractivity contribution in [2.75, 3.05) is 6.54 Å². The van der Waals surface area contributed by atoms with E-state index in [9.17, 15) is 14.7 Å². The Balaban J connectivity index is 2.56. The smallest absolute Gasteiger partial charge is 0.311 e. The maximum atomic E-state index is 11.8. The summed E-state index contributed by atoms with van der Waals surface area (Å²) in [6.45, 7) is 3.82. The molecule has 0 aromatic carbocycles. The normalized spacial score (nSPS) is 11.1. The molecule has 0 unspecified atom stereocenters. The van der Waals surface area contributed by atoms with E-state index in [1.807, 2.05) is 13.8 Å². The van der Waals surface area contributed by atoms with Crippen LogP contribution in [0.15, 0.2) is 24.5 Å². The molecule has 104 valence electrons. The molecule has 0 bridgehead atoms. The highest BCUT2D eigenvalue weighted by atomic mass is 16.4. The predicted molar refractivity (Wildman–Crippen MR) is 71.6 cm³/mol. The monoisotopic (exact) mass is 264 g/mol. The van der Waals surface area contributed by atoms with Crippen molar-refractivity contribution in [1.29, 1.82) is 0 Å². The predicted octanol–water partition coefficient (Wildman–Crippen LogP) is 1.63. The van der Waals surface area contributed by atoms with Crippen molar-refractivity contribution >= 4 is 11.9 Å². The molecule has 0 aliphatic rings. The first-order chi connectivity index (χ1) is 9.04. The molecule has 0 atom stereocenters. The molecule has 0 fully saturated rings. The second-order valence-corrected chi connectivity index (χ2v) is 4.60. The zero-order chi connectivity index (χ0) is 14.3. The average Bonchev–Trinajstić information content (AvgIpc) is 2.41. The molecule has 19 heavy (non-hydrogen) atoms. The van der Waals surface area contributed by atoms with Gasteiger partial charge in [0.15, 0.2) is 0 Å². The third-order valence-electron chi connectivity index (χ3n) is 3.55. The Bertz CT molecular complexity index is 428. The number of nitrogens with zero attached hydrogens (tertiary/aromatic N) is 1. The van der Waals surface area contributed by atoms with E-state index in [4.69, 9.17) is 0 Å². The zero-order valence-electron chi connectivity index (χ0n) is 11.3. The average molecular weight is 264 g/mol. The molecule has 1 heterocycles. The van der Waals surface area contributed by atoms with Gasteiger partial charge >= 0.3 is 5.97 Å². The third kappa shape index (κ3) is 4.05. The summed E-state index contributed by atoms with van der Waals surface area (Å²) in [5.41, 5.74) is -0.00473. The van der Waals surface area contributed by atoms with Crippen LogP contribution in [-0.2, 0) is 16.0 Å². The van der Waals surface area contributed by atoms with E-state index in [1.165, 1.54) is 0 Å². The summed E-state index contributed by atoms with van der Waals surface area (Å²) in [4.78, 5) is 27.0. The van der Waals surface area contributed by atoms with Crippen LogP contribution >= 0.6 is 0 Å². The van der Waals surface area contributed by atoms with Crippen molar-refractivity contribution in [2.45, 2.75) is 33.1 Å². The van der Waals surface area contributed by atoms with Crippen molar-refractivity contribution in [2.24, 2.45) is 5.41 Å². The fraction of sp³-hybridized carbons (Fsp3) is 0.500. The Labute approximate surface area is 113 Å². The molecular weight excluding hydrogens is 244 g/mol. The lowest BCUT2D eigenvalue weighted by Crippen LogP contribution is -2.42. The fourth-order valence-corrected chi connectivity index (χ4v) is 1.89. The van der Waals surface area contributed by atoms with E-state index in [1.54, 1.807) is 24.5 Å². The number of aliphatic carboxylic acids is 1. The number of aromatic nitrogens is 1. The molecule has 0 aliphatic carbocycles. The van der Waals surface area contributed by atoms with Crippen molar-refractivity contribution in [3.05, 3.63) is 30.1 Å². The van der Waals surface area contributed by atoms with Crippen LogP contribution in [0, 0.1) is 5.41 Å². The van der Waals surface area contributed by atoms with Gasteiger partial charge in [-0.25, -0.2) is 0 Å². The topological polar surface area (TPSA) is 79.3 Å². The van der Waals surface area contributed by atoms with Crippen molar-refractivity contribution in [1.82, 2.24) is 10.3 Å². The lowest BCUT2D eigenvalue weighted by Gasteiger charge is -2.26. The van der Waals surface area contributed by atoms with Crippen LogP contribution in [0.1, 0.15) is 32.3 Å². The third-order valence-corrected chi connectivity index (χ3v) is 3.55. The number of carboxylic acid groups (broad SMARTS) is 1. The Morgan fingerprint density at radius 3 is 2.32 bits per heavy atom. The lowest BCUT2D eigenvalue weighted by atomic mass is 9.82. The highest BCUT2D eigenvalue weighted by Crippen LogP contribution is 2.25. The SMILES string of the molecule is CCC(CC)(CNC(=O)Cc1ccncc1)C(=O)O. The van der Waals surface area contributed by atoms with Crippen LogP contribution in [-0.4, -0.2) is 28.5 Å². The number of carbonyl (C=O) groups excluding carboxylic acids is 1. The summed E-state index contributed by atoms with van der Waals surface area (Å²) < 4.78 is 0. The minimum Gasteiger partial charge on any atom is -0.481 e. The zero-order valence-corrected chi connectivity index (χ0v) is 11.3. The van der Waals surface area contributed by atoms with Gasteiger partial charge in [0.05, 0.1) is 11.8 Å². The molecule has 1 amide bonds. The Morgan fingerprint density at radius 1 is 1.26 bits per heavy atom. The molecule has 0 saturated heterocycles. The Kier molecular flexibility index (Phi) is 5.48. The lowest BCUT2D eigenvalue weighted by molar-refractivity contribution is -0.149. The number of carbonyl (C=O) groups is 2. The molecule has 0 aliphatic heterocycles. The first kappa shape index (κ1) is 15.1. The van der Waals surface area contributed by atoms with E-state index in [2.05, 4.69) is 10.3 Å². The van der Waals surface area contributed by atoms with E-state index in [0.29, 0.717) is 12.8 Å². The number of rotatable bonds is 7. The molecule has 5 nitrogen and oxygen atoms in total. The second-order valence-electron chi connectivity index (χ2n) is 4.60. The van der Waals surface area contributed by atoms with Crippen LogP contribution < -0.4 is 5.32 Å². The molecule has 2 N–H and O–H groups in total. The Morgan fingerprint density at radius 2 is 1.84 bits per heavy atom. The van der Waals surface area contributed by atoms with Crippen molar-refractivity contribution < 1.29 is 14.7 Å². The summed E-state index contributed by atoms with van der Waals surface area (Å²) in [7, 11) is 0. The van der Waals surface area contributed by atoms with Gasteiger partial charge in [-0.15, -0.1) is 0 Å². The quantitative estimate of drug-likeness (QED) is 0.784. The summed E-state index contributed by atoms with van der Waals surface area (Å²) >= 11 is 0. The minimum absolute atomic E-state index is 0.166. The summed E-state index contributed by atoms with van der Waals surface area (Å²) in [5.74, 6) is -1.03. The van der Waals surface area contributed by atoms with Gasteiger partial charge in [0, 0.05) is 18.9 Å². The first-order valence-electron chi connectivity index (χ1n) is 6.43. The van der Waals surface area contributed by atoms with E-state index < -0.39 is 11.4 Å². The molecule has 0 saturated carbocycles. The Hall–Kier alpha value is -1.91. The molecule has 1 aromatic heterocycles. The molecule has 1 rings (SSSR count). The summed E-state index contributed by atoms with van der Waals surface area (Å²) in [5, 5.41) is 12.0. The van der Waals surface area contributed by atoms with Crippen LogP contribution in [0.25, 0.3) is 0 Å². The maximum Gasteiger partial charge on any atom is 0.311 e. The highest BCUT2D eigenvalue weighted by molar-refractivity contribution is 5.80. The minimum atomic E-state index is -0.867. The van der Waals surface area contributed by atoms with Gasteiger partial charge in [-0.1, -0.05) is 13.8 Å². The maximum absolute atomic E-state index is 11.8. The van der Waals surface area contributed by atoms with Crippen LogP contribution in [0.3, 0.4) is 0 Å². The van der Waals surface area contributed by atoms with Gasteiger partial charge in [0.25, 0.3) is 0 Å². The van der Waals surface area contributed by atoms with Crippen LogP contribution in [0.4, 0.5) is 0 Å². The number of carboxylic acids is 1. The van der Waals surface area contributed by atoms with Crippen LogP contribution in [0.2, 0.25) is 0 Å². The molecule has 0 radical (unpaired) electrons.